The van der Waals surface area contributed by atoms with Crippen LogP contribution in [-0.2, 0) is 9.53 Å². The maximum absolute atomic E-state index is 12.0. The number of halogens is 1. The number of nitrogens with zero attached hydrogens (tertiary/aromatic N) is 4. The highest BCUT2D eigenvalue weighted by Gasteiger charge is 2.23. The zero-order chi connectivity index (χ0) is 24.7. The van der Waals surface area contributed by atoms with Gasteiger partial charge in [0.1, 0.15) is 0 Å². The Balaban J connectivity index is 1.75. The van der Waals surface area contributed by atoms with Gasteiger partial charge < -0.3 is 14.2 Å². The van der Waals surface area contributed by atoms with Gasteiger partial charge in [0.25, 0.3) is 11.6 Å². The molecule has 2 aromatic rings. The number of rotatable bonds is 9. The Labute approximate surface area is 201 Å². The second-order valence-corrected chi connectivity index (χ2v) is 7.84. The number of morpholine rings is 1. The molecule has 0 spiro atoms. The van der Waals surface area contributed by atoms with Crippen molar-refractivity contribution in [2.24, 2.45) is 5.10 Å². The van der Waals surface area contributed by atoms with Gasteiger partial charge in [-0.05, 0) is 39.7 Å². The van der Waals surface area contributed by atoms with Gasteiger partial charge in [-0.25, -0.2) is 5.43 Å². The number of hydrazone groups is 1. The van der Waals surface area contributed by atoms with Gasteiger partial charge >= 0.3 is 5.69 Å². The van der Waals surface area contributed by atoms with Crippen LogP contribution in [0.15, 0.2) is 39.9 Å². The van der Waals surface area contributed by atoms with Gasteiger partial charge in [0.05, 0.1) is 53.5 Å². The molecule has 1 heterocycles. The van der Waals surface area contributed by atoms with E-state index in [2.05, 4.69) is 26.5 Å². The fourth-order valence-corrected chi connectivity index (χ4v) is 3.59. The molecule has 0 unspecified atom stereocenters. The van der Waals surface area contributed by atoms with E-state index in [1.807, 2.05) is 4.90 Å². The molecule has 14 heteroatoms. The highest BCUT2D eigenvalue weighted by molar-refractivity contribution is 9.10. The fraction of sp³-hybridized carbons (Fsp3) is 0.300. The summed E-state index contributed by atoms with van der Waals surface area (Å²) < 4.78 is 16.6. The number of carbonyl (C=O) groups is 1. The van der Waals surface area contributed by atoms with Gasteiger partial charge in [0.2, 0.25) is 5.75 Å². The molecule has 13 nitrogen and oxygen atoms in total. The van der Waals surface area contributed by atoms with Crippen LogP contribution in [0, 0.1) is 20.2 Å². The van der Waals surface area contributed by atoms with Gasteiger partial charge in [0.15, 0.2) is 11.5 Å². The summed E-state index contributed by atoms with van der Waals surface area (Å²) in [6, 6.07) is 6.21. The van der Waals surface area contributed by atoms with Crippen LogP contribution in [-0.4, -0.2) is 66.8 Å². The summed E-state index contributed by atoms with van der Waals surface area (Å²) in [4.78, 5) is 34.8. The van der Waals surface area contributed by atoms with Crippen molar-refractivity contribution in [1.29, 1.82) is 0 Å². The molecule has 34 heavy (non-hydrogen) atoms. The summed E-state index contributed by atoms with van der Waals surface area (Å²) in [7, 11) is 1.38. The lowest BCUT2D eigenvalue weighted by Gasteiger charge is -2.25. The quantitative estimate of drug-likeness (QED) is 0.288. The van der Waals surface area contributed by atoms with Crippen LogP contribution >= 0.6 is 15.9 Å². The highest BCUT2D eigenvalue weighted by Crippen LogP contribution is 2.42. The molecule has 1 fully saturated rings. The second-order valence-electron chi connectivity index (χ2n) is 6.98. The molecule has 0 aliphatic carbocycles. The van der Waals surface area contributed by atoms with E-state index in [4.69, 9.17) is 14.2 Å². The molecule has 2 aromatic carbocycles. The number of hydrogen-bond donors (Lipinski definition) is 1. The Morgan fingerprint density at radius 1 is 1.21 bits per heavy atom. The molecule has 1 saturated heterocycles. The van der Waals surface area contributed by atoms with Crippen molar-refractivity contribution in [2.75, 3.05) is 40.0 Å². The zero-order valence-electron chi connectivity index (χ0n) is 17.9. The Bertz CT molecular complexity index is 1120. The van der Waals surface area contributed by atoms with Gasteiger partial charge in [0, 0.05) is 19.2 Å². The van der Waals surface area contributed by atoms with Gasteiger partial charge in [-0.1, -0.05) is 0 Å². The third-order valence-electron chi connectivity index (χ3n) is 4.69. The number of ether oxygens (including phenoxy) is 3. The molecule has 0 atom stereocenters. The van der Waals surface area contributed by atoms with Crippen LogP contribution in [0.4, 0.5) is 11.4 Å². The van der Waals surface area contributed by atoms with Crippen molar-refractivity contribution in [3.05, 3.63) is 60.6 Å². The van der Waals surface area contributed by atoms with Crippen molar-refractivity contribution < 1.29 is 28.9 Å². The minimum absolute atomic E-state index is 0.118. The molecule has 0 aromatic heterocycles. The van der Waals surface area contributed by atoms with Crippen molar-refractivity contribution in [3.63, 3.8) is 0 Å². The number of benzene rings is 2. The second kappa shape index (κ2) is 11.5. The lowest BCUT2D eigenvalue weighted by molar-refractivity contribution is -0.394. The zero-order valence-corrected chi connectivity index (χ0v) is 19.5. The van der Waals surface area contributed by atoms with E-state index < -0.39 is 21.2 Å². The number of non-ortho nitro benzene ring substituents is 1. The molecule has 1 N–H and O–H groups in total. The summed E-state index contributed by atoms with van der Waals surface area (Å²) >= 11 is 3.33. The Kier molecular flexibility index (Phi) is 8.45. The number of carbonyl (C=O) groups excluding carboxylic acids is 1. The minimum Gasteiger partial charge on any atom is -0.493 e. The molecule has 0 radical (unpaired) electrons. The lowest BCUT2D eigenvalue weighted by atomic mass is 10.2. The summed E-state index contributed by atoms with van der Waals surface area (Å²) in [6.45, 7) is 2.73. The molecule has 180 valence electrons. The largest absolute Gasteiger partial charge is 0.493 e. The Morgan fingerprint density at radius 3 is 2.59 bits per heavy atom. The predicted molar refractivity (Wildman–Crippen MR) is 124 cm³/mol. The Hall–Kier alpha value is -3.62. The third kappa shape index (κ3) is 6.46. The number of nitro benzene ring substituents is 2. The van der Waals surface area contributed by atoms with E-state index in [0.717, 1.165) is 18.2 Å². The van der Waals surface area contributed by atoms with Crippen molar-refractivity contribution in [3.8, 4) is 17.2 Å². The van der Waals surface area contributed by atoms with E-state index in [0.29, 0.717) is 36.3 Å². The van der Waals surface area contributed by atoms with E-state index in [9.17, 15) is 25.0 Å². The van der Waals surface area contributed by atoms with Crippen molar-refractivity contribution in [1.82, 2.24) is 10.3 Å². The maximum Gasteiger partial charge on any atom is 0.318 e. The SMILES string of the molecule is COc1cc(/C=N/NC(=O)CN2CCOCC2)cc(Br)c1Oc1ccc([N+](=O)[O-])cc1[N+](=O)[O-]. The van der Waals surface area contributed by atoms with Crippen LogP contribution in [0.3, 0.4) is 0 Å². The molecular weight excluding hydrogens is 518 g/mol. The van der Waals surface area contributed by atoms with Crippen LogP contribution in [0.1, 0.15) is 5.56 Å². The number of nitro groups is 2. The van der Waals surface area contributed by atoms with Gasteiger partial charge in [-0.2, -0.15) is 5.10 Å². The number of methoxy groups -OCH3 is 1. The molecule has 0 bridgehead atoms. The molecule has 1 aliphatic heterocycles. The standard InChI is InChI=1S/C20H20BrN5O8/c1-32-18-9-13(11-22-23-19(27)12-24-4-6-33-7-5-24)8-15(21)20(18)34-17-3-2-14(25(28)29)10-16(17)26(30)31/h2-3,8-11H,4-7,12H2,1H3,(H,23,27)/b22-11+. The Morgan fingerprint density at radius 2 is 1.94 bits per heavy atom. The average molecular weight is 538 g/mol. The van der Waals surface area contributed by atoms with E-state index >= 15 is 0 Å². The summed E-state index contributed by atoms with van der Waals surface area (Å²) in [5.74, 6) is -0.142. The molecule has 0 saturated carbocycles. The van der Waals surface area contributed by atoms with Crippen LogP contribution in [0.25, 0.3) is 0 Å². The summed E-state index contributed by atoms with van der Waals surface area (Å²) in [5, 5.41) is 26.3. The summed E-state index contributed by atoms with van der Waals surface area (Å²) in [5.41, 5.74) is 1.99. The lowest BCUT2D eigenvalue weighted by Crippen LogP contribution is -2.42. The monoisotopic (exact) mass is 537 g/mol. The number of hydrogen-bond acceptors (Lipinski definition) is 10. The van der Waals surface area contributed by atoms with E-state index in [1.165, 1.54) is 13.3 Å². The van der Waals surface area contributed by atoms with Gasteiger partial charge in [-0.3, -0.25) is 29.9 Å². The molecule has 1 amide bonds. The third-order valence-corrected chi connectivity index (χ3v) is 5.28. The number of nitrogens with one attached hydrogen (secondary N) is 1. The minimum atomic E-state index is -0.774. The first-order chi connectivity index (χ1) is 16.3. The van der Waals surface area contributed by atoms with Crippen molar-refractivity contribution >= 4 is 39.4 Å². The molecular formula is C20H20BrN5O8. The van der Waals surface area contributed by atoms with Crippen LogP contribution < -0.4 is 14.9 Å². The first kappa shape index (κ1) is 25.0. The summed E-state index contributed by atoms with van der Waals surface area (Å²) in [6.07, 6.45) is 1.41. The topological polar surface area (TPSA) is 159 Å². The first-order valence-corrected chi connectivity index (χ1v) is 10.7. The molecule has 1 aliphatic rings. The van der Waals surface area contributed by atoms with Crippen molar-refractivity contribution in [2.45, 2.75) is 0 Å². The average Bonchev–Trinajstić information content (AvgIpc) is 2.81. The first-order valence-electron chi connectivity index (χ1n) is 9.88. The van der Waals surface area contributed by atoms with E-state index in [-0.39, 0.29) is 29.7 Å². The number of amides is 1. The predicted octanol–water partition coefficient (Wildman–Crippen LogP) is 2.85. The van der Waals surface area contributed by atoms with Gasteiger partial charge in [-0.15, -0.1) is 0 Å². The van der Waals surface area contributed by atoms with Crippen LogP contribution in [0.5, 0.6) is 17.2 Å². The van der Waals surface area contributed by atoms with E-state index in [1.54, 1.807) is 12.1 Å². The normalized spacial score (nSPS) is 14.1. The van der Waals surface area contributed by atoms with Crippen LogP contribution in [0.2, 0.25) is 0 Å². The molecule has 3 rings (SSSR count). The maximum atomic E-state index is 12.0. The highest BCUT2D eigenvalue weighted by atomic mass is 79.9. The fourth-order valence-electron chi connectivity index (χ4n) is 3.05. The smallest absolute Gasteiger partial charge is 0.318 e.